The summed E-state index contributed by atoms with van der Waals surface area (Å²) in [7, 11) is 1.42. The van der Waals surface area contributed by atoms with E-state index in [2.05, 4.69) is 0 Å². The molecule has 0 aliphatic heterocycles. The standard InChI is InChI=1S/C11H14Cl2O4S/c1-2-5-16-6-7-17-10-4-3-9(12)8-11(10)18(13,14)15/h3-4,8H,2,5-7H2,1H3. The Labute approximate surface area is 116 Å². The van der Waals surface area contributed by atoms with Crippen LogP contribution in [0.5, 0.6) is 5.75 Å². The molecule has 0 aliphatic carbocycles. The van der Waals surface area contributed by atoms with Gasteiger partial charge in [-0.05, 0) is 24.6 Å². The van der Waals surface area contributed by atoms with Crippen LogP contribution >= 0.6 is 22.3 Å². The van der Waals surface area contributed by atoms with Crippen molar-refractivity contribution in [3.8, 4) is 5.75 Å². The fraction of sp³-hybridized carbons (Fsp3) is 0.455. The molecule has 0 spiro atoms. The summed E-state index contributed by atoms with van der Waals surface area (Å²) >= 11 is 5.72. The summed E-state index contributed by atoms with van der Waals surface area (Å²) in [5.74, 6) is 0.175. The number of hydrogen-bond donors (Lipinski definition) is 0. The van der Waals surface area contributed by atoms with Crippen LogP contribution in [0.4, 0.5) is 0 Å². The van der Waals surface area contributed by atoms with Gasteiger partial charge in [0.2, 0.25) is 0 Å². The van der Waals surface area contributed by atoms with E-state index in [1.807, 2.05) is 6.92 Å². The van der Waals surface area contributed by atoms with Crippen molar-refractivity contribution >= 4 is 31.3 Å². The molecule has 0 amide bonds. The van der Waals surface area contributed by atoms with E-state index >= 15 is 0 Å². The van der Waals surface area contributed by atoms with Gasteiger partial charge in [0.25, 0.3) is 9.05 Å². The van der Waals surface area contributed by atoms with Gasteiger partial charge in [0.05, 0.1) is 6.61 Å². The number of hydrogen-bond acceptors (Lipinski definition) is 4. The lowest BCUT2D eigenvalue weighted by Crippen LogP contribution is -2.08. The summed E-state index contributed by atoms with van der Waals surface area (Å²) < 4.78 is 33.2. The quantitative estimate of drug-likeness (QED) is 0.573. The predicted molar refractivity (Wildman–Crippen MR) is 71.1 cm³/mol. The molecule has 0 fully saturated rings. The molecule has 1 aromatic rings. The average molecular weight is 313 g/mol. The van der Waals surface area contributed by atoms with E-state index < -0.39 is 9.05 Å². The van der Waals surface area contributed by atoms with Gasteiger partial charge < -0.3 is 9.47 Å². The number of halogens is 2. The van der Waals surface area contributed by atoms with E-state index in [4.69, 9.17) is 31.8 Å². The maximum atomic E-state index is 11.3. The van der Waals surface area contributed by atoms with E-state index in [1.54, 1.807) is 0 Å². The van der Waals surface area contributed by atoms with Crippen LogP contribution in [0, 0.1) is 0 Å². The first-order chi connectivity index (χ1) is 8.45. The highest BCUT2D eigenvalue weighted by Crippen LogP contribution is 2.29. The van der Waals surface area contributed by atoms with Crippen LogP contribution in [0.15, 0.2) is 23.1 Å². The highest BCUT2D eigenvalue weighted by atomic mass is 35.7. The van der Waals surface area contributed by atoms with Crippen molar-refractivity contribution in [1.82, 2.24) is 0 Å². The molecule has 0 aromatic heterocycles. The first-order valence-corrected chi connectivity index (χ1v) is 8.08. The molecular weight excluding hydrogens is 299 g/mol. The Balaban J connectivity index is 2.71. The molecule has 7 heteroatoms. The second-order valence-electron chi connectivity index (χ2n) is 3.49. The van der Waals surface area contributed by atoms with Crippen LogP contribution in [0.3, 0.4) is 0 Å². The number of benzene rings is 1. The smallest absolute Gasteiger partial charge is 0.265 e. The zero-order chi connectivity index (χ0) is 13.6. The molecule has 0 saturated heterocycles. The molecule has 0 atom stereocenters. The summed E-state index contributed by atoms with van der Waals surface area (Å²) in [5, 5.41) is 0.281. The van der Waals surface area contributed by atoms with Crippen molar-refractivity contribution < 1.29 is 17.9 Å². The zero-order valence-corrected chi connectivity index (χ0v) is 12.2. The lowest BCUT2D eigenvalue weighted by atomic mass is 10.3. The Morgan fingerprint density at radius 2 is 1.94 bits per heavy atom. The second kappa shape index (κ2) is 7.19. The van der Waals surface area contributed by atoms with Gasteiger partial charge in [0.15, 0.2) is 0 Å². The molecule has 0 heterocycles. The minimum Gasteiger partial charge on any atom is -0.490 e. The Morgan fingerprint density at radius 1 is 1.22 bits per heavy atom. The molecule has 0 unspecified atom stereocenters. The lowest BCUT2D eigenvalue weighted by molar-refractivity contribution is 0.0996. The monoisotopic (exact) mass is 312 g/mol. The highest BCUT2D eigenvalue weighted by molar-refractivity contribution is 8.13. The van der Waals surface area contributed by atoms with E-state index in [1.165, 1.54) is 18.2 Å². The van der Waals surface area contributed by atoms with E-state index in [9.17, 15) is 8.42 Å². The molecule has 0 radical (unpaired) electrons. The van der Waals surface area contributed by atoms with Crippen molar-refractivity contribution in [3.63, 3.8) is 0 Å². The van der Waals surface area contributed by atoms with Crippen LogP contribution < -0.4 is 4.74 Å². The third kappa shape index (κ3) is 5.02. The lowest BCUT2D eigenvalue weighted by Gasteiger charge is -2.10. The highest BCUT2D eigenvalue weighted by Gasteiger charge is 2.17. The van der Waals surface area contributed by atoms with E-state index in [0.29, 0.717) is 13.2 Å². The average Bonchev–Trinajstić information content (AvgIpc) is 2.29. The van der Waals surface area contributed by atoms with Gasteiger partial charge in [-0.3, -0.25) is 0 Å². The molecule has 1 rings (SSSR count). The SMILES string of the molecule is CCCOCCOc1ccc(Cl)cc1S(=O)(=O)Cl. The van der Waals surface area contributed by atoms with Crippen LogP contribution in [-0.2, 0) is 13.8 Å². The van der Waals surface area contributed by atoms with Gasteiger partial charge in [-0.2, -0.15) is 0 Å². The van der Waals surface area contributed by atoms with Gasteiger partial charge in [0.1, 0.15) is 17.3 Å². The minimum absolute atomic E-state index is 0.132. The van der Waals surface area contributed by atoms with Crippen molar-refractivity contribution in [1.29, 1.82) is 0 Å². The summed E-state index contributed by atoms with van der Waals surface area (Å²) in [6.45, 7) is 3.28. The van der Waals surface area contributed by atoms with Crippen molar-refractivity contribution in [2.24, 2.45) is 0 Å². The molecule has 1 aromatic carbocycles. The molecule has 4 nitrogen and oxygen atoms in total. The first-order valence-electron chi connectivity index (χ1n) is 5.40. The van der Waals surface area contributed by atoms with Crippen LogP contribution in [0.25, 0.3) is 0 Å². The normalized spacial score (nSPS) is 11.5. The minimum atomic E-state index is -3.88. The Kier molecular flexibility index (Phi) is 6.21. The fourth-order valence-electron chi connectivity index (χ4n) is 1.25. The fourth-order valence-corrected chi connectivity index (χ4v) is 2.48. The van der Waals surface area contributed by atoms with E-state index in [0.717, 1.165) is 6.42 Å². The van der Waals surface area contributed by atoms with Gasteiger partial charge in [-0.15, -0.1) is 0 Å². The van der Waals surface area contributed by atoms with Crippen LogP contribution in [-0.4, -0.2) is 28.2 Å². The van der Waals surface area contributed by atoms with Crippen molar-refractivity contribution in [3.05, 3.63) is 23.2 Å². The summed E-state index contributed by atoms with van der Waals surface area (Å²) in [5.41, 5.74) is 0. The number of ether oxygens (including phenoxy) is 2. The Morgan fingerprint density at radius 3 is 2.56 bits per heavy atom. The third-order valence-corrected chi connectivity index (χ3v) is 3.58. The maximum absolute atomic E-state index is 11.3. The summed E-state index contributed by atoms with van der Waals surface area (Å²) in [6.07, 6.45) is 0.919. The second-order valence-corrected chi connectivity index (χ2v) is 6.46. The third-order valence-electron chi connectivity index (χ3n) is 2.00. The topological polar surface area (TPSA) is 52.6 Å². The van der Waals surface area contributed by atoms with Crippen LogP contribution in [0.2, 0.25) is 5.02 Å². The molecule has 0 bridgehead atoms. The maximum Gasteiger partial charge on any atom is 0.265 e. The first kappa shape index (κ1) is 15.6. The van der Waals surface area contributed by atoms with Gasteiger partial charge >= 0.3 is 0 Å². The Bertz CT molecular complexity index is 488. The predicted octanol–water partition coefficient (Wildman–Crippen LogP) is 3.07. The van der Waals surface area contributed by atoms with Crippen molar-refractivity contribution in [2.45, 2.75) is 18.2 Å². The number of rotatable bonds is 7. The molecule has 0 N–H and O–H groups in total. The molecule has 18 heavy (non-hydrogen) atoms. The summed E-state index contributed by atoms with van der Waals surface area (Å²) in [6, 6.07) is 4.26. The largest absolute Gasteiger partial charge is 0.490 e. The van der Waals surface area contributed by atoms with E-state index in [-0.39, 0.29) is 22.3 Å². The van der Waals surface area contributed by atoms with Crippen molar-refractivity contribution in [2.75, 3.05) is 19.8 Å². The zero-order valence-electron chi connectivity index (χ0n) is 9.86. The Hall–Kier alpha value is -0.490. The molecule has 0 saturated carbocycles. The summed E-state index contributed by atoms with van der Waals surface area (Å²) in [4.78, 5) is -0.132. The van der Waals surface area contributed by atoms with Gasteiger partial charge in [-0.25, -0.2) is 8.42 Å². The molecular formula is C11H14Cl2O4S. The van der Waals surface area contributed by atoms with Crippen LogP contribution in [0.1, 0.15) is 13.3 Å². The molecule has 102 valence electrons. The molecule has 0 aliphatic rings. The van der Waals surface area contributed by atoms with Gasteiger partial charge in [-0.1, -0.05) is 18.5 Å². The van der Waals surface area contributed by atoms with Gasteiger partial charge in [0, 0.05) is 22.3 Å².